The number of amides is 2. The van der Waals surface area contributed by atoms with Crippen LogP contribution in [-0.4, -0.2) is 16.8 Å². The Morgan fingerprint density at radius 1 is 0.950 bits per heavy atom. The minimum atomic E-state index is -0.672. The molecule has 0 atom stereocenters. The lowest BCUT2D eigenvalue weighted by atomic mass is 10.1. The standard InChI is InChI=1S/C14H13N3O3/c1-9-5-2-3-6-10(9)13(19)16-17-14(20)11-7-4-8-15-12(11)18/h2-8H,1H3,(H,15,18)(H,16,19)(H,17,20). The zero-order valence-corrected chi connectivity index (χ0v) is 10.8. The van der Waals surface area contributed by atoms with E-state index in [2.05, 4.69) is 15.8 Å². The fourth-order valence-electron chi connectivity index (χ4n) is 1.68. The van der Waals surface area contributed by atoms with Crippen LogP contribution in [0.2, 0.25) is 0 Å². The number of carbonyl (C=O) groups excluding carboxylic acids is 2. The van der Waals surface area contributed by atoms with E-state index in [-0.39, 0.29) is 5.56 Å². The molecule has 0 fully saturated rings. The van der Waals surface area contributed by atoms with Crippen molar-refractivity contribution in [3.63, 3.8) is 0 Å². The highest BCUT2D eigenvalue weighted by Gasteiger charge is 2.12. The molecular weight excluding hydrogens is 258 g/mol. The summed E-state index contributed by atoms with van der Waals surface area (Å²) in [5.41, 5.74) is 5.13. The van der Waals surface area contributed by atoms with Gasteiger partial charge in [0, 0.05) is 11.8 Å². The molecule has 0 spiro atoms. The van der Waals surface area contributed by atoms with Crippen LogP contribution in [0.25, 0.3) is 0 Å². The predicted octanol–water partition coefficient (Wildman–Crippen LogP) is 0.758. The van der Waals surface area contributed by atoms with E-state index >= 15 is 0 Å². The Balaban J connectivity index is 2.05. The van der Waals surface area contributed by atoms with Crippen LogP contribution < -0.4 is 16.4 Å². The Kier molecular flexibility index (Phi) is 3.95. The van der Waals surface area contributed by atoms with E-state index < -0.39 is 17.4 Å². The van der Waals surface area contributed by atoms with Crippen molar-refractivity contribution >= 4 is 11.8 Å². The van der Waals surface area contributed by atoms with Gasteiger partial charge in [0.15, 0.2) is 0 Å². The molecular formula is C14H13N3O3. The number of H-pyrrole nitrogens is 1. The summed E-state index contributed by atoms with van der Waals surface area (Å²) in [6, 6.07) is 9.87. The predicted molar refractivity (Wildman–Crippen MR) is 73.2 cm³/mol. The Hall–Kier alpha value is -2.89. The van der Waals surface area contributed by atoms with Crippen molar-refractivity contribution in [2.75, 3.05) is 0 Å². The Bertz CT molecular complexity index is 707. The van der Waals surface area contributed by atoms with Crippen molar-refractivity contribution in [3.05, 3.63) is 69.6 Å². The Labute approximate surface area is 114 Å². The van der Waals surface area contributed by atoms with E-state index in [1.165, 1.54) is 18.3 Å². The van der Waals surface area contributed by atoms with Gasteiger partial charge in [-0.1, -0.05) is 18.2 Å². The first-order valence-electron chi connectivity index (χ1n) is 5.93. The molecule has 2 amide bonds. The molecule has 0 saturated carbocycles. The number of hydrogen-bond acceptors (Lipinski definition) is 3. The van der Waals surface area contributed by atoms with E-state index in [1.807, 2.05) is 6.07 Å². The van der Waals surface area contributed by atoms with Gasteiger partial charge < -0.3 is 4.98 Å². The number of aromatic amines is 1. The van der Waals surface area contributed by atoms with Gasteiger partial charge in [0.2, 0.25) is 0 Å². The molecule has 1 aromatic heterocycles. The highest BCUT2D eigenvalue weighted by Crippen LogP contribution is 2.05. The van der Waals surface area contributed by atoms with Gasteiger partial charge in [0.25, 0.3) is 17.4 Å². The number of aryl methyl sites for hydroxylation is 1. The smallest absolute Gasteiger partial charge is 0.275 e. The number of nitrogens with one attached hydrogen (secondary N) is 3. The molecule has 1 heterocycles. The van der Waals surface area contributed by atoms with E-state index in [0.29, 0.717) is 5.56 Å². The minimum absolute atomic E-state index is 0.0717. The van der Waals surface area contributed by atoms with Crippen LogP contribution in [-0.2, 0) is 0 Å². The van der Waals surface area contributed by atoms with Crippen LogP contribution in [0.4, 0.5) is 0 Å². The number of hydrazine groups is 1. The molecule has 0 aliphatic heterocycles. The molecule has 0 bridgehead atoms. The molecule has 0 unspecified atom stereocenters. The second kappa shape index (κ2) is 5.83. The second-order valence-electron chi connectivity index (χ2n) is 4.14. The third-order valence-electron chi connectivity index (χ3n) is 2.74. The summed E-state index contributed by atoms with van der Waals surface area (Å²) in [6.45, 7) is 1.79. The summed E-state index contributed by atoms with van der Waals surface area (Å²) in [5, 5.41) is 0. The van der Waals surface area contributed by atoms with Crippen molar-refractivity contribution in [2.45, 2.75) is 6.92 Å². The number of rotatable bonds is 2. The van der Waals surface area contributed by atoms with Crippen molar-refractivity contribution < 1.29 is 9.59 Å². The Morgan fingerprint density at radius 3 is 2.20 bits per heavy atom. The summed E-state index contributed by atoms with van der Waals surface area (Å²) < 4.78 is 0. The van der Waals surface area contributed by atoms with Gasteiger partial charge in [0.05, 0.1) is 0 Å². The quantitative estimate of drug-likeness (QED) is 0.704. The Morgan fingerprint density at radius 2 is 1.55 bits per heavy atom. The summed E-state index contributed by atoms with van der Waals surface area (Å²) in [5.74, 6) is -1.11. The van der Waals surface area contributed by atoms with Crippen LogP contribution in [0.5, 0.6) is 0 Å². The number of aromatic nitrogens is 1. The molecule has 2 aromatic rings. The first-order chi connectivity index (χ1) is 9.59. The average molecular weight is 271 g/mol. The van der Waals surface area contributed by atoms with E-state index in [4.69, 9.17) is 0 Å². The van der Waals surface area contributed by atoms with E-state index in [1.54, 1.807) is 25.1 Å². The van der Waals surface area contributed by atoms with Gasteiger partial charge in [0.1, 0.15) is 5.56 Å². The maximum absolute atomic E-state index is 11.9. The van der Waals surface area contributed by atoms with Crippen LogP contribution in [0.15, 0.2) is 47.4 Å². The van der Waals surface area contributed by atoms with Crippen LogP contribution in [0.3, 0.4) is 0 Å². The monoisotopic (exact) mass is 271 g/mol. The number of carbonyl (C=O) groups is 2. The zero-order valence-electron chi connectivity index (χ0n) is 10.8. The zero-order chi connectivity index (χ0) is 14.5. The normalized spacial score (nSPS) is 9.85. The summed E-state index contributed by atoms with van der Waals surface area (Å²) in [7, 11) is 0. The summed E-state index contributed by atoms with van der Waals surface area (Å²) in [4.78, 5) is 37.4. The van der Waals surface area contributed by atoms with Crippen molar-refractivity contribution in [2.24, 2.45) is 0 Å². The average Bonchev–Trinajstić information content (AvgIpc) is 2.45. The van der Waals surface area contributed by atoms with Gasteiger partial charge in [-0.05, 0) is 30.7 Å². The molecule has 0 aliphatic carbocycles. The lowest BCUT2D eigenvalue weighted by Gasteiger charge is -2.08. The molecule has 6 heteroatoms. The highest BCUT2D eigenvalue weighted by atomic mass is 16.2. The van der Waals surface area contributed by atoms with Crippen LogP contribution in [0.1, 0.15) is 26.3 Å². The number of benzene rings is 1. The van der Waals surface area contributed by atoms with Crippen molar-refractivity contribution in [3.8, 4) is 0 Å². The fraction of sp³-hybridized carbons (Fsp3) is 0.0714. The van der Waals surface area contributed by atoms with Crippen molar-refractivity contribution in [1.82, 2.24) is 15.8 Å². The molecule has 0 saturated heterocycles. The van der Waals surface area contributed by atoms with Crippen LogP contribution in [0, 0.1) is 6.92 Å². The number of hydrogen-bond donors (Lipinski definition) is 3. The van der Waals surface area contributed by atoms with Crippen molar-refractivity contribution in [1.29, 1.82) is 0 Å². The lowest BCUT2D eigenvalue weighted by Crippen LogP contribution is -2.43. The number of pyridine rings is 1. The maximum atomic E-state index is 11.9. The molecule has 20 heavy (non-hydrogen) atoms. The fourth-order valence-corrected chi connectivity index (χ4v) is 1.68. The van der Waals surface area contributed by atoms with E-state index in [9.17, 15) is 14.4 Å². The third-order valence-corrected chi connectivity index (χ3v) is 2.74. The molecule has 2 rings (SSSR count). The second-order valence-corrected chi connectivity index (χ2v) is 4.14. The molecule has 0 radical (unpaired) electrons. The molecule has 1 aromatic carbocycles. The van der Waals surface area contributed by atoms with Gasteiger partial charge in [-0.15, -0.1) is 0 Å². The van der Waals surface area contributed by atoms with Gasteiger partial charge in [-0.3, -0.25) is 25.2 Å². The van der Waals surface area contributed by atoms with Crippen LogP contribution >= 0.6 is 0 Å². The molecule has 3 N–H and O–H groups in total. The summed E-state index contributed by atoms with van der Waals surface area (Å²) >= 11 is 0. The maximum Gasteiger partial charge on any atom is 0.275 e. The first kappa shape index (κ1) is 13.5. The minimum Gasteiger partial charge on any atom is -0.328 e. The lowest BCUT2D eigenvalue weighted by molar-refractivity contribution is 0.0845. The topological polar surface area (TPSA) is 91.1 Å². The van der Waals surface area contributed by atoms with Gasteiger partial charge >= 0.3 is 0 Å². The summed E-state index contributed by atoms with van der Waals surface area (Å²) in [6.07, 6.45) is 1.42. The largest absolute Gasteiger partial charge is 0.328 e. The SMILES string of the molecule is Cc1ccccc1C(=O)NNC(=O)c1ccc[nH]c1=O. The highest BCUT2D eigenvalue weighted by molar-refractivity contribution is 5.99. The third kappa shape index (κ3) is 2.92. The van der Waals surface area contributed by atoms with E-state index in [0.717, 1.165) is 5.56 Å². The van der Waals surface area contributed by atoms with Gasteiger partial charge in [-0.25, -0.2) is 0 Å². The molecule has 102 valence electrons. The first-order valence-corrected chi connectivity index (χ1v) is 5.93. The molecule has 0 aliphatic rings. The molecule has 6 nitrogen and oxygen atoms in total. The van der Waals surface area contributed by atoms with Gasteiger partial charge in [-0.2, -0.15) is 0 Å².